The fourth-order valence-corrected chi connectivity index (χ4v) is 1.72. The minimum atomic E-state index is -0.299. The molecular formula is C11H8BrClN4O. The standard InChI is InChI=1S/C11H8BrClN4O/c12-7-5-6(1-2-8(7)14)11(18)15-10-4-3-9(13)16-17-10/h1-5H,14H2,(H,15,17,18). The molecule has 7 heteroatoms. The second kappa shape index (κ2) is 5.32. The van der Waals surface area contributed by atoms with E-state index in [1.807, 2.05) is 0 Å². The Morgan fingerprint density at radius 2 is 2.06 bits per heavy atom. The highest BCUT2D eigenvalue weighted by Gasteiger charge is 2.08. The molecule has 18 heavy (non-hydrogen) atoms. The van der Waals surface area contributed by atoms with Crippen LogP contribution in [-0.2, 0) is 0 Å². The summed E-state index contributed by atoms with van der Waals surface area (Å²) in [5, 5.41) is 10.2. The van der Waals surface area contributed by atoms with Gasteiger partial charge >= 0.3 is 0 Å². The number of nitrogen functional groups attached to an aromatic ring is 1. The molecule has 0 aliphatic carbocycles. The molecule has 3 N–H and O–H groups in total. The second-order valence-electron chi connectivity index (χ2n) is 3.43. The smallest absolute Gasteiger partial charge is 0.256 e. The highest BCUT2D eigenvalue weighted by Crippen LogP contribution is 2.20. The molecule has 2 aromatic rings. The molecule has 0 unspecified atom stereocenters. The normalized spacial score (nSPS) is 10.1. The van der Waals surface area contributed by atoms with Gasteiger partial charge in [0.15, 0.2) is 11.0 Å². The Morgan fingerprint density at radius 3 is 2.67 bits per heavy atom. The molecule has 0 saturated heterocycles. The monoisotopic (exact) mass is 326 g/mol. The summed E-state index contributed by atoms with van der Waals surface area (Å²) in [6, 6.07) is 8.02. The van der Waals surface area contributed by atoms with Gasteiger partial charge in [-0.25, -0.2) is 0 Å². The van der Waals surface area contributed by atoms with E-state index >= 15 is 0 Å². The first kappa shape index (κ1) is 12.8. The number of hydrogen-bond donors (Lipinski definition) is 2. The van der Waals surface area contributed by atoms with E-state index in [4.69, 9.17) is 17.3 Å². The molecule has 5 nitrogen and oxygen atoms in total. The van der Waals surface area contributed by atoms with Crippen LogP contribution < -0.4 is 11.1 Å². The molecule has 0 radical (unpaired) electrons. The van der Waals surface area contributed by atoms with Crippen LogP contribution in [0.5, 0.6) is 0 Å². The number of rotatable bonds is 2. The van der Waals surface area contributed by atoms with Crippen molar-refractivity contribution in [3.8, 4) is 0 Å². The van der Waals surface area contributed by atoms with Crippen LogP contribution in [0.25, 0.3) is 0 Å². The Labute approximate surface area is 116 Å². The number of nitrogens with zero attached hydrogens (tertiary/aromatic N) is 2. The second-order valence-corrected chi connectivity index (χ2v) is 4.67. The average Bonchev–Trinajstić information content (AvgIpc) is 2.35. The maximum atomic E-state index is 11.9. The lowest BCUT2D eigenvalue weighted by Gasteiger charge is -2.05. The third-order valence-electron chi connectivity index (χ3n) is 2.14. The van der Waals surface area contributed by atoms with E-state index in [2.05, 4.69) is 31.4 Å². The predicted octanol–water partition coefficient (Wildman–Crippen LogP) is 2.73. The van der Waals surface area contributed by atoms with Crippen molar-refractivity contribution >= 4 is 44.9 Å². The Kier molecular flexibility index (Phi) is 3.78. The average molecular weight is 328 g/mol. The zero-order valence-corrected chi connectivity index (χ0v) is 11.4. The quantitative estimate of drug-likeness (QED) is 0.831. The fraction of sp³-hybridized carbons (Fsp3) is 0. The number of anilines is 2. The van der Waals surface area contributed by atoms with Gasteiger partial charge in [0.1, 0.15) is 0 Å². The summed E-state index contributed by atoms with van der Waals surface area (Å²) in [6.07, 6.45) is 0. The van der Waals surface area contributed by atoms with Gasteiger partial charge in [0.2, 0.25) is 0 Å². The van der Waals surface area contributed by atoms with Crippen molar-refractivity contribution in [1.82, 2.24) is 10.2 Å². The zero-order chi connectivity index (χ0) is 13.1. The van der Waals surface area contributed by atoms with E-state index in [1.165, 1.54) is 0 Å². The van der Waals surface area contributed by atoms with Gasteiger partial charge < -0.3 is 11.1 Å². The number of carbonyl (C=O) groups is 1. The molecule has 1 aromatic heterocycles. The van der Waals surface area contributed by atoms with Gasteiger partial charge in [-0.3, -0.25) is 4.79 Å². The number of nitrogens with one attached hydrogen (secondary N) is 1. The SMILES string of the molecule is Nc1ccc(C(=O)Nc2ccc(Cl)nn2)cc1Br. The highest BCUT2D eigenvalue weighted by molar-refractivity contribution is 9.10. The number of amides is 1. The summed E-state index contributed by atoms with van der Waals surface area (Å²) in [5.41, 5.74) is 6.68. The number of halogens is 2. The van der Waals surface area contributed by atoms with E-state index < -0.39 is 0 Å². The molecule has 0 spiro atoms. The molecule has 0 fully saturated rings. The van der Waals surface area contributed by atoms with Crippen LogP contribution in [0.4, 0.5) is 11.5 Å². The molecule has 92 valence electrons. The van der Waals surface area contributed by atoms with Crippen LogP contribution in [0, 0.1) is 0 Å². The third kappa shape index (κ3) is 2.96. The Bertz CT molecular complexity index is 588. The van der Waals surface area contributed by atoms with E-state index in [1.54, 1.807) is 30.3 Å². The summed E-state index contributed by atoms with van der Waals surface area (Å²) in [6.45, 7) is 0. The number of carbonyl (C=O) groups excluding carboxylic acids is 1. The molecule has 0 atom stereocenters. The van der Waals surface area contributed by atoms with E-state index in [0.29, 0.717) is 21.5 Å². The Morgan fingerprint density at radius 1 is 1.28 bits per heavy atom. The first-order valence-corrected chi connectivity index (χ1v) is 6.09. The number of nitrogens with two attached hydrogens (primary N) is 1. The molecular weight excluding hydrogens is 320 g/mol. The third-order valence-corrected chi connectivity index (χ3v) is 3.02. The van der Waals surface area contributed by atoms with Gasteiger partial charge in [0.25, 0.3) is 5.91 Å². The van der Waals surface area contributed by atoms with Crippen molar-refractivity contribution in [3.05, 3.63) is 45.5 Å². The molecule has 0 bridgehead atoms. The van der Waals surface area contributed by atoms with Crippen LogP contribution in [0.1, 0.15) is 10.4 Å². The Balaban J connectivity index is 2.16. The number of hydrogen-bond acceptors (Lipinski definition) is 4. The van der Waals surface area contributed by atoms with E-state index in [-0.39, 0.29) is 11.1 Å². The van der Waals surface area contributed by atoms with E-state index in [0.717, 1.165) is 0 Å². The largest absolute Gasteiger partial charge is 0.398 e. The first-order chi connectivity index (χ1) is 8.56. The van der Waals surface area contributed by atoms with Gasteiger partial charge in [-0.2, -0.15) is 0 Å². The summed E-state index contributed by atoms with van der Waals surface area (Å²) in [5.74, 6) is 0.0321. The zero-order valence-electron chi connectivity index (χ0n) is 9.02. The fourth-order valence-electron chi connectivity index (χ4n) is 1.24. The summed E-state index contributed by atoms with van der Waals surface area (Å²) in [4.78, 5) is 11.9. The van der Waals surface area contributed by atoms with Crippen molar-refractivity contribution in [3.63, 3.8) is 0 Å². The highest BCUT2D eigenvalue weighted by atomic mass is 79.9. The maximum Gasteiger partial charge on any atom is 0.256 e. The van der Waals surface area contributed by atoms with Gasteiger partial charge in [-0.05, 0) is 46.3 Å². The molecule has 0 aliphatic rings. The van der Waals surface area contributed by atoms with Gasteiger partial charge in [-0.15, -0.1) is 10.2 Å². The minimum absolute atomic E-state index is 0.267. The summed E-state index contributed by atoms with van der Waals surface area (Å²) < 4.78 is 0.664. The maximum absolute atomic E-state index is 11.9. The van der Waals surface area contributed by atoms with Crippen molar-refractivity contribution in [1.29, 1.82) is 0 Å². The summed E-state index contributed by atoms with van der Waals surface area (Å²) in [7, 11) is 0. The predicted molar refractivity (Wildman–Crippen MR) is 73.5 cm³/mol. The lowest BCUT2D eigenvalue weighted by Crippen LogP contribution is -2.13. The van der Waals surface area contributed by atoms with Gasteiger partial charge in [0.05, 0.1) is 0 Å². The topological polar surface area (TPSA) is 80.9 Å². The van der Waals surface area contributed by atoms with Crippen LogP contribution in [0.2, 0.25) is 5.15 Å². The minimum Gasteiger partial charge on any atom is -0.398 e. The molecule has 0 aliphatic heterocycles. The van der Waals surface area contributed by atoms with Crippen LogP contribution in [-0.4, -0.2) is 16.1 Å². The van der Waals surface area contributed by atoms with Crippen molar-refractivity contribution in [2.24, 2.45) is 0 Å². The lowest BCUT2D eigenvalue weighted by molar-refractivity contribution is 0.102. The van der Waals surface area contributed by atoms with Crippen LogP contribution in [0.15, 0.2) is 34.8 Å². The van der Waals surface area contributed by atoms with Crippen molar-refractivity contribution < 1.29 is 4.79 Å². The van der Waals surface area contributed by atoms with Crippen LogP contribution in [0.3, 0.4) is 0 Å². The number of aromatic nitrogens is 2. The lowest BCUT2D eigenvalue weighted by atomic mass is 10.2. The van der Waals surface area contributed by atoms with E-state index in [9.17, 15) is 4.79 Å². The molecule has 0 saturated carbocycles. The molecule has 2 rings (SSSR count). The van der Waals surface area contributed by atoms with Crippen molar-refractivity contribution in [2.45, 2.75) is 0 Å². The summed E-state index contributed by atoms with van der Waals surface area (Å²) >= 11 is 8.86. The van der Waals surface area contributed by atoms with Crippen LogP contribution >= 0.6 is 27.5 Å². The molecule has 1 amide bonds. The molecule has 1 aromatic carbocycles. The Hall–Kier alpha value is -1.66. The van der Waals surface area contributed by atoms with Gasteiger partial charge in [0, 0.05) is 15.7 Å². The first-order valence-electron chi connectivity index (χ1n) is 4.92. The van der Waals surface area contributed by atoms with Crippen molar-refractivity contribution in [2.75, 3.05) is 11.1 Å². The number of benzene rings is 1. The van der Waals surface area contributed by atoms with Gasteiger partial charge in [-0.1, -0.05) is 11.6 Å². The molecule has 1 heterocycles.